The van der Waals surface area contributed by atoms with E-state index in [9.17, 15) is 14.5 Å². The summed E-state index contributed by atoms with van der Waals surface area (Å²) in [6.07, 6.45) is 0. The summed E-state index contributed by atoms with van der Waals surface area (Å²) in [5, 5.41) is 13.0. The molecule has 0 aromatic carbocycles. The van der Waals surface area contributed by atoms with Gasteiger partial charge in [-0.2, -0.15) is 0 Å². The summed E-state index contributed by atoms with van der Waals surface area (Å²) in [6, 6.07) is 2.34. The molecule has 0 aliphatic heterocycles. The summed E-state index contributed by atoms with van der Waals surface area (Å²) in [7, 11) is 0. The van der Waals surface area contributed by atoms with E-state index in [0.29, 0.717) is 0 Å². The Kier molecular flexibility index (Phi) is 3.16. The van der Waals surface area contributed by atoms with Gasteiger partial charge < -0.3 is 11.1 Å². The van der Waals surface area contributed by atoms with Crippen LogP contribution in [0.15, 0.2) is 12.1 Å². The number of hydrogen-bond donors (Lipinski definition) is 2. The highest BCUT2D eigenvalue weighted by Crippen LogP contribution is 2.18. The number of nitrogens with zero attached hydrogens (tertiary/aromatic N) is 2. The smallest absolute Gasteiger partial charge is 0.276 e. The van der Waals surface area contributed by atoms with Crippen LogP contribution in [0.25, 0.3) is 0 Å². The number of nitro groups is 1. The first-order valence-corrected chi connectivity index (χ1v) is 3.85. The number of alkyl halides is 1. The van der Waals surface area contributed by atoms with Crippen LogP contribution in [0, 0.1) is 10.1 Å². The van der Waals surface area contributed by atoms with Crippen molar-refractivity contribution in [1.29, 1.82) is 0 Å². The van der Waals surface area contributed by atoms with Gasteiger partial charge in [0.2, 0.25) is 0 Å². The van der Waals surface area contributed by atoms with Gasteiger partial charge in [0.25, 0.3) is 5.69 Å². The summed E-state index contributed by atoms with van der Waals surface area (Å²) in [4.78, 5) is 13.6. The number of anilines is 2. The number of nitrogens with two attached hydrogens (primary N) is 1. The first-order chi connectivity index (χ1) is 6.63. The number of nitrogens with one attached hydrogen (secondary N) is 1. The van der Waals surface area contributed by atoms with Gasteiger partial charge in [-0.25, -0.2) is 9.37 Å². The van der Waals surface area contributed by atoms with E-state index in [1.807, 2.05) is 0 Å². The molecule has 1 aromatic rings. The second-order valence-corrected chi connectivity index (χ2v) is 2.51. The average Bonchev–Trinajstić information content (AvgIpc) is 2.14. The molecule has 76 valence electrons. The van der Waals surface area contributed by atoms with Gasteiger partial charge in [-0.1, -0.05) is 0 Å². The van der Waals surface area contributed by atoms with Crippen molar-refractivity contribution in [3.63, 3.8) is 0 Å². The lowest BCUT2D eigenvalue weighted by molar-refractivity contribution is -0.384. The fraction of sp³-hybridized carbons (Fsp3) is 0.286. The summed E-state index contributed by atoms with van der Waals surface area (Å²) in [6.45, 7) is -0.530. The molecular weight excluding hydrogens is 191 g/mol. The van der Waals surface area contributed by atoms with Crippen LogP contribution in [0.3, 0.4) is 0 Å². The Balaban J connectivity index is 2.89. The molecule has 0 aliphatic rings. The molecule has 0 unspecified atom stereocenters. The van der Waals surface area contributed by atoms with E-state index in [0.717, 1.165) is 6.07 Å². The van der Waals surface area contributed by atoms with E-state index in [-0.39, 0.29) is 23.9 Å². The summed E-state index contributed by atoms with van der Waals surface area (Å²) >= 11 is 0. The Bertz CT molecular complexity index is 344. The molecule has 0 saturated heterocycles. The van der Waals surface area contributed by atoms with Gasteiger partial charge in [0.15, 0.2) is 0 Å². The molecule has 6 nitrogen and oxygen atoms in total. The van der Waals surface area contributed by atoms with Gasteiger partial charge in [-0.05, 0) is 0 Å². The molecule has 14 heavy (non-hydrogen) atoms. The third-order valence-electron chi connectivity index (χ3n) is 1.44. The highest BCUT2D eigenvalue weighted by Gasteiger charge is 2.08. The van der Waals surface area contributed by atoms with E-state index < -0.39 is 11.6 Å². The van der Waals surface area contributed by atoms with Gasteiger partial charge in [0.1, 0.15) is 18.3 Å². The largest absolute Gasteiger partial charge is 0.383 e. The summed E-state index contributed by atoms with van der Waals surface area (Å²) in [5.41, 5.74) is 5.15. The monoisotopic (exact) mass is 200 g/mol. The molecule has 0 bridgehead atoms. The highest BCUT2D eigenvalue weighted by atomic mass is 19.1. The van der Waals surface area contributed by atoms with Crippen LogP contribution >= 0.6 is 0 Å². The van der Waals surface area contributed by atoms with Crippen LogP contribution in [-0.4, -0.2) is 23.1 Å². The maximum Gasteiger partial charge on any atom is 0.276 e. The van der Waals surface area contributed by atoms with Crippen molar-refractivity contribution in [3.05, 3.63) is 22.2 Å². The number of halogens is 1. The Labute approximate surface area is 79.1 Å². The average molecular weight is 200 g/mol. The van der Waals surface area contributed by atoms with Crippen LogP contribution in [0.4, 0.5) is 21.7 Å². The van der Waals surface area contributed by atoms with Crippen molar-refractivity contribution in [3.8, 4) is 0 Å². The highest BCUT2D eigenvalue weighted by molar-refractivity contribution is 5.52. The number of hydrogen-bond acceptors (Lipinski definition) is 5. The number of nitrogen functional groups attached to an aromatic ring is 1. The van der Waals surface area contributed by atoms with Crippen molar-refractivity contribution in [2.75, 3.05) is 24.3 Å². The Hall–Kier alpha value is -1.92. The van der Waals surface area contributed by atoms with Gasteiger partial charge in [-0.3, -0.25) is 10.1 Å². The van der Waals surface area contributed by atoms with Gasteiger partial charge in [0, 0.05) is 6.54 Å². The van der Waals surface area contributed by atoms with E-state index in [1.54, 1.807) is 0 Å². The molecule has 0 fully saturated rings. The molecule has 3 N–H and O–H groups in total. The Morgan fingerprint density at radius 2 is 2.36 bits per heavy atom. The predicted octanol–water partition coefficient (Wildman–Crippen LogP) is 0.953. The molecule has 0 atom stereocenters. The molecule has 0 amide bonds. The molecule has 1 heterocycles. The predicted molar refractivity (Wildman–Crippen MR) is 49.8 cm³/mol. The standard InChI is InChI=1S/C7H9FN4O2/c8-1-2-10-7-4-5(12(13)14)3-6(9)11-7/h3-4H,1-2H2,(H3,9,10,11). The molecule has 0 saturated carbocycles. The van der Waals surface area contributed by atoms with E-state index in [4.69, 9.17) is 5.73 Å². The molecular formula is C7H9FN4O2. The Morgan fingerprint density at radius 1 is 1.64 bits per heavy atom. The topological polar surface area (TPSA) is 94.1 Å². The second-order valence-electron chi connectivity index (χ2n) is 2.51. The zero-order chi connectivity index (χ0) is 10.6. The second kappa shape index (κ2) is 4.35. The lowest BCUT2D eigenvalue weighted by Crippen LogP contribution is -2.06. The minimum absolute atomic E-state index is 0.0283. The van der Waals surface area contributed by atoms with Gasteiger partial charge >= 0.3 is 0 Å². The third-order valence-corrected chi connectivity index (χ3v) is 1.44. The van der Waals surface area contributed by atoms with Crippen LogP contribution in [0.2, 0.25) is 0 Å². The molecule has 0 radical (unpaired) electrons. The summed E-state index contributed by atoms with van der Waals surface area (Å²) in [5.74, 6) is 0.231. The third kappa shape index (κ3) is 2.54. The molecule has 7 heteroatoms. The fourth-order valence-electron chi connectivity index (χ4n) is 0.908. The van der Waals surface area contributed by atoms with Crippen molar-refractivity contribution < 1.29 is 9.31 Å². The normalized spacial score (nSPS) is 9.79. The fourth-order valence-corrected chi connectivity index (χ4v) is 0.908. The number of rotatable bonds is 4. The van der Waals surface area contributed by atoms with Crippen molar-refractivity contribution in [1.82, 2.24) is 4.98 Å². The van der Waals surface area contributed by atoms with Crippen LogP contribution < -0.4 is 11.1 Å². The van der Waals surface area contributed by atoms with Crippen LogP contribution in [0.5, 0.6) is 0 Å². The van der Waals surface area contributed by atoms with E-state index >= 15 is 0 Å². The minimum atomic E-state index is -0.585. The van der Waals surface area contributed by atoms with Gasteiger partial charge in [-0.15, -0.1) is 0 Å². The lowest BCUT2D eigenvalue weighted by Gasteiger charge is -2.03. The lowest BCUT2D eigenvalue weighted by atomic mass is 10.4. The van der Waals surface area contributed by atoms with Gasteiger partial charge in [0.05, 0.1) is 17.1 Å². The molecule has 1 aromatic heterocycles. The van der Waals surface area contributed by atoms with Crippen molar-refractivity contribution in [2.24, 2.45) is 0 Å². The zero-order valence-electron chi connectivity index (χ0n) is 7.24. The molecule has 0 spiro atoms. The van der Waals surface area contributed by atoms with Crippen LogP contribution in [-0.2, 0) is 0 Å². The van der Waals surface area contributed by atoms with Crippen molar-refractivity contribution in [2.45, 2.75) is 0 Å². The number of pyridine rings is 1. The maximum atomic E-state index is 11.8. The first kappa shape index (κ1) is 10.2. The minimum Gasteiger partial charge on any atom is -0.383 e. The molecule has 0 aliphatic carbocycles. The Morgan fingerprint density at radius 3 is 2.93 bits per heavy atom. The number of aromatic nitrogens is 1. The quantitative estimate of drug-likeness (QED) is 0.557. The maximum absolute atomic E-state index is 11.8. The van der Waals surface area contributed by atoms with E-state index in [1.165, 1.54) is 6.07 Å². The molecule has 1 rings (SSSR count). The zero-order valence-corrected chi connectivity index (χ0v) is 7.24. The summed E-state index contributed by atoms with van der Waals surface area (Å²) < 4.78 is 11.8. The van der Waals surface area contributed by atoms with Crippen molar-refractivity contribution >= 4 is 17.3 Å². The van der Waals surface area contributed by atoms with Crippen LogP contribution in [0.1, 0.15) is 0 Å². The first-order valence-electron chi connectivity index (χ1n) is 3.85. The van der Waals surface area contributed by atoms with E-state index in [2.05, 4.69) is 10.3 Å². The SMILES string of the molecule is Nc1cc([N+](=O)[O-])cc(NCCF)n1.